The zero-order valence-corrected chi connectivity index (χ0v) is 13.0. The zero-order chi connectivity index (χ0) is 13.7. The van der Waals surface area contributed by atoms with Crippen LogP contribution < -0.4 is 0 Å². The molecule has 0 aliphatic carbocycles. The third kappa shape index (κ3) is 5.60. The van der Waals surface area contributed by atoms with Gasteiger partial charge in [-0.25, -0.2) is 8.42 Å². The van der Waals surface area contributed by atoms with Crippen molar-refractivity contribution in [1.82, 2.24) is 9.80 Å². The summed E-state index contributed by atoms with van der Waals surface area (Å²) in [7, 11) is -2.84. The Morgan fingerprint density at radius 1 is 1.21 bits per heavy atom. The highest BCUT2D eigenvalue weighted by atomic mass is 32.2. The molecule has 0 atom stereocenters. The van der Waals surface area contributed by atoms with E-state index in [2.05, 4.69) is 27.3 Å². The molecule has 1 saturated heterocycles. The second-order valence-corrected chi connectivity index (χ2v) is 8.47. The van der Waals surface area contributed by atoms with Crippen molar-refractivity contribution >= 4 is 21.2 Å². The summed E-state index contributed by atoms with van der Waals surface area (Å²) in [6.07, 6.45) is 2.43. The summed E-state index contributed by atoms with van der Waals surface area (Å²) >= 11 is 1.80. The monoisotopic (exact) mass is 302 g/mol. The van der Waals surface area contributed by atoms with Crippen LogP contribution in [0.4, 0.5) is 0 Å². The predicted molar refractivity (Wildman–Crippen MR) is 80.4 cm³/mol. The van der Waals surface area contributed by atoms with Crippen LogP contribution in [0, 0.1) is 0 Å². The molecule has 0 amide bonds. The van der Waals surface area contributed by atoms with Crippen LogP contribution in [-0.2, 0) is 16.4 Å². The van der Waals surface area contributed by atoms with Gasteiger partial charge in [-0.2, -0.15) is 0 Å². The van der Waals surface area contributed by atoms with E-state index in [0.717, 1.165) is 39.1 Å². The van der Waals surface area contributed by atoms with E-state index in [1.165, 1.54) is 11.1 Å². The van der Waals surface area contributed by atoms with Gasteiger partial charge in [0, 0.05) is 37.3 Å². The fourth-order valence-corrected chi connectivity index (χ4v) is 3.66. The van der Waals surface area contributed by atoms with Gasteiger partial charge in [0.1, 0.15) is 9.84 Å². The summed E-state index contributed by atoms with van der Waals surface area (Å²) < 4.78 is 22.4. The van der Waals surface area contributed by atoms with E-state index in [1.807, 2.05) is 0 Å². The topological polar surface area (TPSA) is 40.6 Å². The molecule has 0 radical (unpaired) electrons. The van der Waals surface area contributed by atoms with Crippen LogP contribution in [0.2, 0.25) is 0 Å². The van der Waals surface area contributed by atoms with Crippen LogP contribution in [0.25, 0.3) is 0 Å². The third-order valence-corrected chi connectivity index (χ3v) is 5.20. The Balaban J connectivity index is 1.78. The molecule has 0 aromatic carbocycles. The van der Waals surface area contributed by atoms with Gasteiger partial charge < -0.3 is 4.90 Å². The number of rotatable bonds is 5. The molecule has 1 aromatic rings. The molecule has 1 aromatic heterocycles. The molecule has 1 aliphatic heterocycles. The highest BCUT2D eigenvalue weighted by Crippen LogP contribution is 2.13. The molecule has 2 heterocycles. The average Bonchev–Trinajstić information content (AvgIpc) is 2.72. The Bertz CT molecular complexity index is 471. The van der Waals surface area contributed by atoms with Crippen molar-refractivity contribution < 1.29 is 8.42 Å². The molecule has 2 rings (SSSR count). The summed E-state index contributed by atoms with van der Waals surface area (Å²) in [4.78, 5) is 6.14. The first-order valence-electron chi connectivity index (χ1n) is 6.68. The number of hydrogen-bond acceptors (Lipinski definition) is 5. The quantitative estimate of drug-likeness (QED) is 0.822. The Kier molecular flexibility index (Phi) is 5.38. The van der Waals surface area contributed by atoms with E-state index >= 15 is 0 Å². The van der Waals surface area contributed by atoms with Gasteiger partial charge in [-0.3, -0.25) is 4.90 Å². The number of thiophene rings is 1. The predicted octanol–water partition coefficient (Wildman–Crippen LogP) is 1.30. The molecule has 0 N–H and O–H groups in total. The molecule has 0 bridgehead atoms. The van der Waals surface area contributed by atoms with Gasteiger partial charge in [0.05, 0.1) is 5.75 Å². The van der Waals surface area contributed by atoms with E-state index in [4.69, 9.17) is 0 Å². The van der Waals surface area contributed by atoms with E-state index in [9.17, 15) is 8.42 Å². The van der Waals surface area contributed by atoms with Crippen molar-refractivity contribution in [2.45, 2.75) is 13.0 Å². The lowest BCUT2D eigenvalue weighted by Gasteiger charge is -2.21. The van der Waals surface area contributed by atoms with Gasteiger partial charge in [0.25, 0.3) is 0 Å². The van der Waals surface area contributed by atoms with Crippen LogP contribution in [0.1, 0.15) is 11.3 Å². The molecular formula is C13H22N2O2S2. The maximum Gasteiger partial charge on any atom is 0.148 e. The first kappa shape index (κ1) is 15.0. The minimum Gasteiger partial charge on any atom is -0.301 e. The minimum atomic E-state index is -2.84. The molecule has 0 spiro atoms. The number of nitrogens with zero attached hydrogens (tertiary/aromatic N) is 2. The van der Waals surface area contributed by atoms with Crippen molar-refractivity contribution in [2.24, 2.45) is 0 Å². The summed E-state index contributed by atoms with van der Waals surface area (Å²) in [6, 6.07) is 4.27. The third-order valence-electron chi connectivity index (χ3n) is 3.42. The van der Waals surface area contributed by atoms with Crippen molar-refractivity contribution in [3.63, 3.8) is 0 Å². The van der Waals surface area contributed by atoms with Gasteiger partial charge >= 0.3 is 0 Å². The lowest BCUT2D eigenvalue weighted by Crippen LogP contribution is -2.33. The van der Waals surface area contributed by atoms with Gasteiger partial charge in [0.2, 0.25) is 0 Å². The summed E-state index contributed by atoms with van der Waals surface area (Å²) in [5, 5.41) is 2.12. The standard InChI is InChI=1S/C13H22N2O2S2/c1-19(16,17)11-9-14-5-3-6-15(8-7-14)12-13-4-2-10-18-13/h2,4,10H,3,5-9,11-12H2,1H3. The molecule has 1 fully saturated rings. The fourth-order valence-electron chi connectivity index (χ4n) is 2.32. The van der Waals surface area contributed by atoms with Crippen LogP contribution in [0.5, 0.6) is 0 Å². The zero-order valence-electron chi connectivity index (χ0n) is 11.4. The first-order chi connectivity index (χ1) is 9.03. The second kappa shape index (κ2) is 6.83. The normalized spacial score (nSPS) is 19.4. The molecule has 1 aliphatic rings. The molecule has 4 nitrogen and oxygen atoms in total. The molecule has 0 unspecified atom stereocenters. The SMILES string of the molecule is CS(=O)(=O)CCN1CCCN(Cc2cccs2)CC1. The van der Waals surface area contributed by atoms with Gasteiger partial charge in [-0.05, 0) is 31.0 Å². The van der Waals surface area contributed by atoms with Crippen LogP contribution in [0.3, 0.4) is 0 Å². The molecule has 108 valence electrons. The maximum absolute atomic E-state index is 11.2. The van der Waals surface area contributed by atoms with Gasteiger partial charge in [-0.1, -0.05) is 6.07 Å². The highest BCUT2D eigenvalue weighted by Gasteiger charge is 2.16. The maximum atomic E-state index is 11.2. The van der Waals surface area contributed by atoms with Crippen molar-refractivity contribution in [3.05, 3.63) is 22.4 Å². The van der Waals surface area contributed by atoms with Crippen LogP contribution in [-0.4, -0.2) is 63.0 Å². The largest absolute Gasteiger partial charge is 0.301 e. The smallest absolute Gasteiger partial charge is 0.148 e. The second-order valence-electron chi connectivity index (χ2n) is 5.18. The van der Waals surface area contributed by atoms with E-state index in [1.54, 1.807) is 11.3 Å². The van der Waals surface area contributed by atoms with Crippen molar-refractivity contribution in [2.75, 3.05) is 44.7 Å². The fraction of sp³-hybridized carbons (Fsp3) is 0.692. The van der Waals surface area contributed by atoms with Gasteiger partial charge in [0.15, 0.2) is 0 Å². The Morgan fingerprint density at radius 3 is 2.63 bits per heavy atom. The molecule has 0 saturated carbocycles. The molecule has 6 heteroatoms. The number of hydrogen-bond donors (Lipinski definition) is 0. The first-order valence-corrected chi connectivity index (χ1v) is 9.62. The Labute approximate surface area is 119 Å². The Morgan fingerprint density at radius 2 is 1.95 bits per heavy atom. The highest BCUT2D eigenvalue weighted by molar-refractivity contribution is 7.90. The minimum absolute atomic E-state index is 0.276. The van der Waals surface area contributed by atoms with Crippen molar-refractivity contribution in [3.8, 4) is 0 Å². The summed E-state index contributed by atoms with van der Waals surface area (Å²) in [5.74, 6) is 0.276. The molecule has 19 heavy (non-hydrogen) atoms. The van der Waals surface area contributed by atoms with Crippen LogP contribution >= 0.6 is 11.3 Å². The van der Waals surface area contributed by atoms with Crippen molar-refractivity contribution in [1.29, 1.82) is 0 Å². The van der Waals surface area contributed by atoms with E-state index in [0.29, 0.717) is 6.54 Å². The van der Waals surface area contributed by atoms with Crippen LogP contribution in [0.15, 0.2) is 17.5 Å². The Hall–Kier alpha value is -0.430. The summed E-state index contributed by atoms with van der Waals surface area (Å²) in [5.41, 5.74) is 0. The van der Waals surface area contributed by atoms with Gasteiger partial charge in [-0.15, -0.1) is 11.3 Å². The molecular weight excluding hydrogens is 280 g/mol. The lowest BCUT2D eigenvalue weighted by atomic mass is 10.3. The van der Waals surface area contributed by atoms with E-state index in [-0.39, 0.29) is 5.75 Å². The number of sulfone groups is 1. The van der Waals surface area contributed by atoms with E-state index < -0.39 is 9.84 Å². The summed E-state index contributed by atoms with van der Waals surface area (Å²) in [6.45, 7) is 5.82. The average molecular weight is 302 g/mol. The lowest BCUT2D eigenvalue weighted by molar-refractivity contribution is 0.259.